The summed E-state index contributed by atoms with van der Waals surface area (Å²) in [6.45, 7) is 5.18. The molecule has 0 radical (unpaired) electrons. The van der Waals surface area contributed by atoms with Crippen LogP contribution in [0.4, 0.5) is 0 Å². The molecule has 1 N–H and O–H groups in total. The highest BCUT2D eigenvalue weighted by molar-refractivity contribution is 5.42. The Balaban J connectivity index is 3.31. The van der Waals surface area contributed by atoms with E-state index in [1.807, 2.05) is 0 Å². The largest absolute Gasteiger partial charge is 0.416 e. The van der Waals surface area contributed by atoms with Crippen molar-refractivity contribution in [2.24, 2.45) is 0 Å². The molecule has 48 valence electrons. The minimum Gasteiger partial charge on any atom is -0.413 e. The molecule has 0 fully saturated rings. The SMILES string of the molecule is C=Cc1[nH]c(=O)oc1C. The second kappa shape index (κ2) is 1.93. The van der Waals surface area contributed by atoms with Crippen LogP contribution >= 0.6 is 0 Å². The highest BCUT2D eigenvalue weighted by atomic mass is 16.4. The molecule has 1 aromatic rings. The molecule has 0 aliphatic heterocycles. The third-order valence-corrected chi connectivity index (χ3v) is 1.07. The van der Waals surface area contributed by atoms with Crippen LogP contribution in [0, 0.1) is 6.92 Å². The lowest BCUT2D eigenvalue weighted by Gasteiger charge is -1.80. The molecule has 0 aliphatic carbocycles. The smallest absolute Gasteiger partial charge is 0.413 e. The molecule has 0 saturated heterocycles. The number of aromatic nitrogens is 1. The fourth-order valence-corrected chi connectivity index (χ4v) is 0.612. The van der Waals surface area contributed by atoms with Crippen molar-refractivity contribution in [1.29, 1.82) is 0 Å². The van der Waals surface area contributed by atoms with E-state index in [9.17, 15) is 4.79 Å². The fourth-order valence-electron chi connectivity index (χ4n) is 0.612. The van der Waals surface area contributed by atoms with Gasteiger partial charge in [-0.3, -0.25) is 4.98 Å². The summed E-state index contributed by atoms with van der Waals surface area (Å²) in [7, 11) is 0. The van der Waals surface area contributed by atoms with Crippen LogP contribution in [0.15, 0.2) is 15.8 Å². The van der Waals surface area contributed by atoms with Gasteiger partial charge in [-0.1, -0.05) is 6.58 Å². The van der Waals surface area contributed by atoms with Gasteiger partial charge >= 0.3 is 5.76 Å². The van der Waals surface area contributed by atoms with Crippen LogP contribution in [0.1, 0.15) is 11.5 Å². The van der Waals surface area contributed by atoms with E-state index in [4.69, 9.17) is 0 Å². The third kappa shape index (κ3) is 0.937. The topological polar surface area (TPSA) is 46.0 Å². The van der Waals surface area contributed by atoms with Gasteiger partial charge in [0.2, 0.25) is 0 Å². The lowest BCUT2D eigenvalue weighted by atomic mass is 10.4. The normalized spacial score (nSPS) is 9.44. The van der Waals surface area contributed by atoms with Gasteiger partial charge in [-0.2, -0.15) is 0 Å². The minimum atomic E-state index is -0.428. The lowest BCUT2D eigenvalue weighted by Crippen LogP contribution is -1.94. The van der Waals surface area contributed by atoms with Crippen molar-refractivity contribution in [2.75, 3.05) is 0 Å². The van der Waals surface area contributed by atoms with E-state index in [1.165, 1.54) is 0 Å². The van der Waals surface area contributed by atoms with Crippen molar-refractivity contribution in [3.05, 3.63) is 28.6 Å². The van der Waals surface area contributed by atoms with Gasteiger partial charge < -0.3 is 4.42 Å². The number of aromatic amines is 1. The van der Waals surface area contributed by atoms with Crippen molar-refractivity contribution in [3.63, 3.8) is 0 Å². The van der Waals surface area contributed by atoms with Crippen LogP contribution in [0.5, 0.6) is 0 Å². The summed E-state index contributed by atoms with van der Waals surface area (Å²) in [6, 6.07) is 0. The number of hydrogen-bond donors (Lipinski definition) is 1. The van der Waals surface area contributed by atoms with Crippen molar-refractivity contribution < 1.29 is 4.42 Å². The molecule has 0 saturated carbocycles. The lowest BCUT2D eigenvalue weighted by molar-refractivity contribution is 0.488. The monoisotopic (exact) mass is 125 g/mol. The maximum absolute atomic E-state index is 10.4. The zero-order valence-corrected chi connectivity index (χ0v) is 5.10. The Bertz CT molecular complexity index is 269. The fraction of sp³-hybridized carbons (Fsp3) is 0.167. The molecule has 0 atom stereocenters. The molecular weight excluding hydrogens is 118 g/mol. The summed E-state index contributed by atoms with van der Waals surface area (Å²) in [6.07, 6.45) is 1.54. The van der Waals surface area contributed by atoms with E-state index in [1.54, 1.807) is 13.0 Å². The van der Waals surface area contributed by atoms with E-state index in [0.29, 0.717) is 11.5 Å². The first-order valence-corrected chi connectivity index (χ1v) is 2.56. The van der Waals surface area contributed by atoms with E-state index < -0.39 is 5.76 Å². The number of nitrogens with one attached hydrogen (secondary N) is 1. The van der Waals surface area contributed by atoms with Crippen LogP contribution < -0.4 is 5.76 Å². The summed E-state index contributed by atoms with van der Waals surface area (Å²) in [5, 5.41) is 0. The molecule has 1 rings (SSSR count). The molecule has 0 amide bonds. The van der Waals surface area contributed by atoms with Crippen molar-refractivity contribution in [2.45, 2.75) is 6.92 Å². The average Bonchev–Trinajstić information content (AvgIpc) is 2.10. The summed E-state index contributed by atoms with van der Waals surface area (Å²) >= 11 is 0. The maximum Gasteiger partial charge on any atom is 0.416 e. The number of oxazole rings is 1. The van der Waals surface area contributed by atoms with E-state index >= 15 is 0 Å². The molecule has 3 heteroatoms. The number of rotatable bonds is 1. The van der Waals surface area contributed by atoms with E-state index in [-0.39, 0.29) is 0 Å². The van der Waals surface area contributed by atoms with Crippen molar-refractivity contribution >= 4 is 6.08 Å². The summed E-state index contributed by atoms with van der Waals surface area (Å²) < 4.78 is 4.62. The maximum atomic E-state index is 10.4. The van der Waals surface area contributed by atoms with Crippen molar-refractivity contribution in [1.82, 2.24) is 4.98 Å². The molecule has 0 unspecified atom stereocenters. The van der Waals surface area contributed by atoms with Gasteiger partial charge in [0.05, 0.1) is 5.69 Å². The molecule has 0 aliphatic rings. The molecule has 3 nitrogen and oxygen atoms in total. The highest BCUT2D eigenvalue weighted by Crippen LogP contribution is 2.00. The number of hydrogen-bond acceptors (Lipinski definition) is 2. The summed E-state index contributed by atoms with van der Waals surface area (Å²) in [5.41, 5.74) is 0.653. The first-order valence-electron chi connectivity index (χ1n) is 2.56. The third-order valence-electron chi connectivity index (χ3n) is 1.07. The predicted octanol–water partition coefficient (Wildman–Crippen LogP) is 0.919. The number of aryl methyl sites for hydroxylation is 1. The van der Waals surface area contributed by atoms with Crippen LogP contribution in [0.25, 0.3) is 6.08 Å². The minimum absolute atomic E-state index is 0.428. The Kier molecular flexibility index (Phi) is 1.26. The molecule has 9 heavy (non-hydrogen) atoms. The molecular formula is C6H7NO2. The summed E-state index contributed by atoms with van der Waals surface area (Å²) in [4.78, 5) is 12.9. The van der Waals surface area contributed by atoms with E-state index in [0.717, 1.165) is 0 Å². The van der Waals surface area contributed by atoms with Gasteiger partial charge in [0, 0.05) is 0 Å². The van der Waals surface area contributed by atoms with Gasteiger partial charge in [0.25, 0.3) is 0 Å². The average molecular weight is 125 g/mol. The Morgan fingerprint density at radius 2 is 2.44 bits per heavy atom. The first-order chi connectivity index (χ1) is 4.24. The predicted molar refractivity (Wildman–Crippen MR) is 34.2 cm³/mol. The molecule has 1 heterocycles. The molecule has 0 aromatic carbocycles. The molecule has 1 aromatic heterocycles. The van der Waals surface area contributed by atoms with Gasteiger partial charge in [-0.05, 0) is 13.0 Å². The Labute approximate surface area is 52.0 Å². The Morgan fingerprint density at radius 3 is 2.67 bits per heavy atom. The zero-order valence-electron chi connectivity index (χ0n) is 5.10. The van der Waals surface area contributed by atoms with Gasteiger partial charge in [0.15, 0.2) is 0 Å². The van der Waals surface area contributed by atoms with Crippen LogP contribution in [-0.4, -0.2) is 4.98 Å². The van der Waals surface area contributed by atoms with Crippen LogP contribution in [0.3, 0.4) is 0 Å². The Hall–Kier alpha value is -1.25. The zero-order chi connectivity index (χ0) is 6.85. The van der Waals surface area contributed by atoms with Crippen molar-refractivity contribution in [3.8, 4) is 0 Å². The van der Waals surface area contributed by atoms with Gasteiger partial charge in [-0.15, -0.1) is 0 Å². The molecule has 0 bridgehead atoms. The second-order valence-corrected chi connectivity index (χ2v) is 1.69. The van der Waals surface area contributed by atoms with Gasteiger partial charge in [0.1, 0.15) is 5.76 Å². The quantitative estimate of drug-likeness (QED) is 0.606. The molecule has 0 spiro atoms. The number of H-pyrrole nitrogens is 1. The van der Waals surface area contributed by atoms with Crippen LogP contribution in [-0.2, 0) is 0 Å². The summed E-state index contributed by atoms with van der Waals surface area (Å²) in [5.74, 6) is 0.150. The Morgan fingerprint density at radius 1 is 1.78 bits per heavy atom. The standard InChI is InChI=1S/C6H7NO2/c1-3-5-4(2)9-6(8)7-5/h3H,1H2,2H3,(H,7,8). The van der Waals surface area contributed by atoms with Crippen LogP contribution in [0.2, 0.25) is 0 Å². The van der Waals surface area contributed by atoms with E-state index in [2.05, 4.69) is 16.0 Å². The van der Waals surface area contributed by atoms with Gasteiger partial charge in [-0.25, -0.2) is 4.79 Å². The highest BCUT2D eigenvalue weighted by Gasteiger charge is 1.97. The first kappa shape index (κ1) is 5.88. The second-order valence-electron chi connectivity index (χ2n) is 1.69.